The Morgan fingerprint density at radius 3 is 2.55 bits per heavy atom. The zero-order valence-electron chi connectivity index (χ0n) is 11.4. The molecule has 1 aromatic carbocycles. The third kappa shape index (κ3) is 6.75. The fourth-order valence-electron chi connectivity index (χ4n) is 1.39. The molecule has 1 aromatic rings. The van der Waals surface area contributed by atoms with Crippen molar-refractivity contribution in [1.29, 1.82) is 0 Å². The van der Waals surface area contributed by atoms with E-state index in [9.17, 15) is 9.59 Å². The predicted molar refractivity (Wildman–Crippen MR) is 72.6 cm³/mol. The first-order valence-electron chi connectivity index (χ1n) is 6.31. The smallest absolute Gasteiger partial charge is 0.305 e. The predicted octanol–water partition coefficient (Wildman–Crippen LogP) is 1.02. The minimum Gasteiger partial charge on any atom is -0.491 e. The first-order valence-corrected chi connectivity index (χ1v) is 6.31. The fourth-order valence-corrected chi connectivity index (χ4v) is 1.39. The van der Waals surface area contributed by atoms with Crippen LogP contribution in [0.4, 0.5) is 0 Å². The van der Waals surface area contributed by atoms with Gasteiger partial charge < -0.3 is 19.5 Å². The summed E-state index contributed by atoms with van der Waals surface area (Å²) in [5.74, 6) is -0.422. The van der Waals surface area contributed by atoms with Crippen molar-refractivity contribution in [3.63, 3.8) is 0 Å². The molecule has 6 heteroatoms. The molecule has 0 aromatic heterocycles. The van der Waals surface area contributed by atoms with Gasteiger partial charge in [0.2, 0.25) is 5.91 Å². The SMILES string of the molecule is CN(CCC(=O)O)C(=O)COCCOc1ccccc1. The lowest BCUT2D eigenvalue weighted by Crippen LogP contribution is -2.32. The van der Waals surface area contributed by atoms with Gasteiger partial charge in [0.25, 0.3) is 0 Å². The number of carboxylic acid groups (broad SMARTS) is 1. The van der Waals surface area contributed by atoms with Crippen LogP contribution < -0.4 is 4.74 Å². The Labute approximate surface area is 117 Å². The standard InChI is InChI=1S/C14H19NO5/c1-15(8-7-14(17)18)13(16)11-19-9-10-20-12-5-3-2-4-6-12/h2-6H,7-11H2,1H3,(H,17,18). The zero-order valence-corrected chi connectivity index (χ0v) is 11.4. The van der Waals surface area contributed by atoms with Crippen LogP contribution in [-0.2, 0) is 14.3 Å². The van der Waals surface area contributed by atoms with Crippen molar-refractivity contribution in [3.8, 4) is 5.75 Å². The number of nitrogens with zero attached hydrogens (tertiary/aromatic N) is 1. The minimum absolute atomic E-state index is 0.0701. The van der Waals surface area contributed by atoms with Crippen LogP contribution in [0.15, 0.2) is 30.3 Å². The largest absolute Gasteiger partial charge is 0.491 e. The summed E-state index contributed by atoms with van der Waals surface area (Å²) in [6.45, 7) is 0.760. The lowest BCUT2D eigenvalue weighted by Gasteiger charge is -2.16. The van der Waals surface area contributed by atoms with E-state index >= 15 is 0 Å². The summed E-state index contributed by atoms with van der Waals surface area (Å²) in [7, 11) is 1.55. The van der Waals surface area contributed by atoms with E-state index in [4.69, 9.17) is 14.6 Å². The number of carboxylic acids is 1. The number of amides is 1. The maximum absolute atomic E-state index is 11.6. The van der Waals surface area contributed by atoms with Gasteiger partial charge >= 0.3 is 5.97 Å². The summed E-state index contributed by atoms with van der Waals surface area (Å²) in [5.41, 5.74) is 0. The van der Waals surface area contributed by atoms with E-state index in [2.05, 4.69) is 0 Å². The van der Waals surface area contributed by atoms with E-state index < -0.39 is 5.97 Å². The van der Waals surface area contributed by atoms with Crippen LogP contribution in [0.5, 0.6) is 5.75 Å². The van der Waals surface area contributed by atoms with Crippen LogP contribution in [0.2, 0.25) is 0 Å². The Balaban J connectivity index is 2.08. The highest BCUT2D eigenvalue weighted by atomic mass is 16.5. The molecular weight excluding hydrogens is 262 g/mol. The Morgan fingerprint density at radius 2 is 1.90 bits per heavy atom. The highest BCUT2D eigenvalue weighted by molar-refractivity contribution is 5.77. The molecule has 0 radical (unpaired) electrons. The molecule has 1 N–H and O–H groups in total. The molecule has 0 aliphatic rings. The van der Waals surface area contributed by atoms with Crippen LogP contribution in [0, 0.1) is 0 Å². The van der Waals surface area contributed by atoms with Gasteiger partial charge in [0, 0.05) is 13.6 Å². The fraction of sp³-hybridized carbons (Fsp3) is 0.429. The second-order valence-electron chi connectivity index (χ2n) is 4.17. The van der Waals surface area contributed by atoms with Gasteiger partial charge in [-0.3, -0.25) is 9.59 Å². The van der Waals surface area contributed by atoms with E-state index in [1.807, 2.05) is 30.3 Å². The molecule has 0 atom stereocenters. The van der Waals surface area contributed by atoms with Crippen LogP contribution in [-0.4, -0.2) is 55.3 Å². The maximum atomic E-state index is 11.6. The lowest BCUT2D eigenvalue weighted by atomic mass is 10.3. The van der Waals surface area contributed by atoms with Crippen molar-refractivity contribution in [2.45, 2.75) is 6.42 Å². The highest BCUT2D eigenvalue weighted by Gasteiger charge is 2.10. The number of aliphatic carboxylic acids is 1. The molecule has 0 aliphatic carbocycles. The summed E-state index contributed by atoms with van der Waals surface area (Å²) < 4.78 is 10.6. The summed E-state index contributed by atoms with van der Waals surface area (Å²) in [6.07, 6.45) is -0.0701. The molecule has 0 unspecified atom stereocenters. The summed E-state index contributed by atoms with van der Waals surface area (Å²) >= 11 is 0. The molecule has 20 heavy (non-hydrogen) atoms. The molecule has 6 nitrogen and oxygen atoms in total. The summed E-state index contributed by atoms with van der Waals surface area (Å²) in [6, 6.07) is 9.32. The molecule has 110 valence electrons. The Hall–Kier alpha value is -2.08. The molecule has 1 amide bonds. The molecule has 0 spiro atoms. The summed E-state index contributed by atoms with van der Waals surface area (Å²) in [5, 5.41) is 8.51. The van der Waals surface area contributed by atoms with Gasteiger partial charge in [0.05, 0.1) is 13.0 Å². The Bertz CT molecular complexity index is 421. The van der Waals surface area contributed by atoms with Gasteiger partial charge in [-0.05, 0) is 12.1 Å². The van der Waals surface area contributed by atoms with Crippen molar-refractivity contribution in [2.75, 3.05) is 33.4 Å². The first kappa shape index (κ1) is 16.0. The average molecular weight is 281 g/mol. The number of ether oxygens (including phenoxy) is 2. The number of hydrogen-bond acceptors (Lipinski definition) is 4. The van der Waals surface area contributed by atoms with E-state index in [1.54, 1.807) is 7.05 Å². The van der Waals surface area contributed by atoms with Gasteiger partial charge in [-0.2, -0.15) is 0 Å². The third-order valence-electron chi connectivity index (χ3n) is 2.55. The monoisotopic (exact) mass is 281 g/mol. The number of rotatable bonds is 9. The average Bonchev–Trinajstić information content (AvgIpc) is 2.45. The molecule has 0 heterocycles. The van der Waals surface area contributed by atoms with Gasteiger partial charge in [-0.1, -0.05) is 18.2 Å². The molecule has 0 saturated heterocycles. The topological polar surface area (TPSA) is 76.1 Å². The van der Waals surface area contributed by atoms with E-state index in [1.165, 1.54) is 4.90 Å². The number of benzene rings is 1. The second-order valence-corrected chi connectivity index (χ2v) is 4.17. The lowest BCUT2D eigenvalue weighted by molar-refractivity contribution is -0.139. The maximum Gasteiger partial charge on any atom is 0.305 e. The minimum atomic E-state index is -0.929. The van der Waals surface area contributed by atoms with Crippen molar-refractivity contribution >= 4 is 11.9 Å². The van der Waals surface area contributed by atoms with Gasteiger partial charge in [-0.25, -0.2) is 0 Å². The second kappa shape index (κ2) is 8.92. The van der Waals surface area contributed by atoms with Crippen molar-refractivity contribution in [1.82, 2.24) is 4.90 Å². The first-order chi connectivity index (χ1) is 9.59. The van der Waals surface area contributed by atoms with E-state index in [-0.39, 0.29) is 25.5 Å². The number of carbonyl (C=O) groups excluding carboxylic acids is 1. The van der Waals surface area contributed by atoms with Crippen molar-refractivity contribution < 1.29 is 24.2 Å². The number of carbonyl (C=O) groups is 2. The summed E-state index contributed by atoms with van der Waals surface area (Å²) in [4.78, 5) is 23.3. The quantitative estimate of drug-likeness (QED) is 0.684. The molecule has 1 rings (SSSR count). The van der Waals surface area contributed by atoms with Gasteiger partial charge in [-0.15, -0.1) is 0 Å². The Morgan fingerprint density at radius 1 is 1.20 bits per heavy atom. The number of likely N-dealkylation sites (N-methyl/N-ethyl adjacent to an activating group) is 1. The zero-order chi connectivity index (χ0) is 14.8. The Kier molecular flexibility index (Phi) is 7.13. The molecular formula is C14H19NO5. The molecule has 0 fully saturated rings. The van der Waals surface area contributed by atoms with Crippen molar-refractivity contribution in [2.24, 2.45) is 0 Å². The van der Waals surface area contributed by atoms with Crippen LogP contribution in [0.1, 0.15) is 6.42 Å². The number of hydrogen-bond donors (Lipinski definition) is 1. The number of para-hydroxylation sites is 1. The molecule has 0 aliphatic heterocycles. The molecule has 0 bridgehead atoms. The van der Waals surface area contributed by atoms with Crippen molar-refractivity contribution in [3.05, 3.63) is 30.3 Å². The van der Waals surface area contributed by atoms with Gasteiger partial charge in [0.1, 0.15) is 19.0 Å². The van der Waals surface area contributed by atoms with Crippen LogP contribution in [0.25, 0.3) is 0 Å². The van der Waals surface area contributed by atoms with E-state index in [0.29, 0.717) is 13.2 Å². The van der Waals surface area contributed by atoms with Crippen LogP contribution >= 0.6 is 0 Å². The van der Waals surface area contributed by atoms with Gasteiger partial charge in [0.15, 0.2) is 0 Å². The van der Waals surface area contributed by atoms with Crippen LogP contribution in [0.3, 0.4) is 0 Å². The highest BCUT2D eigenvalue weighted by Crippen LogP contribution is 2.07. The normalized spacial score (nSPS) is 10.1. The van der Waals surface area contributed by atoms with E-state index in [0.717, 1.165) is 5.75 Å². The third-order valence-corrected chi connectivity index (χ3v) is 2.55. The molecule has 0 saturated carbocycles.